The molecule has 0 spiro atoms. The fourth-order valence-electron chi connectivity index (χ4n) is 6.82. The van der Waals surface area contributed by atoms with E-state index in [0.717, 1.165) is 27.8 Å². The number of hydrogen-bond acceptors (Lipinski definition) is 9. The van der Waals surface area contributed by atoms with Crippen molar-refractivity contribution in [2.24, 2.45) is 5.92 Å². The summed E-state index contributed by atoms with van der Waals surface area (Å²) in [5, 5.41) is 18.8. The summed E-state index contributed by atoms with van der Waals surface area (Å²) in [5.41, 5.74) is 4.62. The normalized spacial score (nSPS) is 17.2. The molecule has 1 heterocycles. The number of carbonyl (C=O) groups is 4. The predicted molar refractivity (Wildman–Crippen MR) is 234 cm³/mol. The summed E-state index contributed by atoms with van der Waals surface area (Å²) in [6.07, 6.45) is 3.35. The third-order valence-corrected chi connectivity index (χ3v) is 10.2. The molecule has 322 valence electrons. The molecule has 0 saturated heterocycles. The van der Waals surface area contributed by atoms with Crippen LogP contribution in [0.4, 0.5) is 4.79 Å². The van der Waals surface area contributed by atoms with E-state index in [4.69, 9.17) is 18.9 Å². The molecule has 6 rings (SSSR count). The van der Waals surface area contributed by atoms with Crippen molar-refractivity contribution in [1.82, 2.24) is 16.0 Å². The third-order valence-electron chi connectivity index (χ3n) is 10.2. The Hall–Kier alpha value is -6.92. The van der Waals surface area contributed by atoms with Crippen molar-refractivity contribution in [3.05, 3.63) is 179 Å². The van der Waals surface area contributed by atoms with Gasteiger partial charge in [0.05, 0.1) is 24.6 Å². The Bertz CT molecular complexity index is 2180. The predicted octanol–water partition coefficient (Wildman–Crippen LogP) is 6.79. The number of aliphatic hydroxyl groups is 1. The van der Waals surface area contributed by atoms with E-state index in [1.807, 2.05) is 140 Å². The average molecular weight is 840 g/mol. The quantitative estimate of drug-likeness (QED) is 0.0584. The van der Waals surface area contributed by atoms with Crippen LogP contribution in [-0.4, -0.2) is 60.3 Å². The first kappa shape index (κ1) is 44.6. The fourth-order valence-corrected chi connectivity index (χ4v) is 6.82. The number of hydrogen-bond donors (Lipinski definition) is 4. The molecule has 12 nitrogen and oxygen atoms in total. The van der Waals surface area contributed by atoms with E-state index in [1.54, 1.807) is 12.2 Å². The third kappa shape index (κ3) is 15.0. The smallest absolute Gasteiger partial charge is 0.408 e. The summed E-state index contributed by atoms with van der Waals surface area (Å²) in [7, 11) is 0. The summed E-state index contributed by atoms with van der Waals surface area (Å²) in [6, 6.07) is 41.4. The Morgan fingerprint density at radius 3 is 1.77 bits per heavy atom. The van der Waals surface area contributed by atoms with Gasteiger partial charge in [-0.15, -0.1) is 0 Å². The number of rotatable bonds is 17. The van der Waals surface area contributed by atoms with Gasteiger partial charge < -0.3 is 40.0 Å². The number of amides is 3. The van der Waals surface area contributed by atoms with Crippen molar-refractivity contribution >= 4 is 23.9 Å². The minimum atomic E-state index is -1.07. The van der Waals surface area contributed by atoms with E-state index in [1.165, 1.54) is 0 Å². The first-order valence-corrected chi connectivity index (χ1v) is 20.8. The number of allylic oxidation sites excluding steroid dienone is 1. The van der Waals surface area contributed by atoms with Crippen molar-refractivity contribution in [3.8, 4) is 11.5 Å². The lowest BCUT2D eigenvalue weighted by Gasteiger charge is -2.25. The number of carbonyl (C=O) groups excluding carboxylic acids is 4. The Balaban J connectivity index is 1.09. The average Bonchev–Trinajstić information content (AvgIpc) is 3.30. The van der Waals surface area contributed by atoms with Gasteiger partial charge in [0, 0.05) is 6.42 Å². The molecule has 12 heteroatoms. The van der Waals surface area contributed by atoms with Gasteiger partial charge in [0.25, 0.3) is 0 Å². The highest BCUT2D eigenvalue weighted by Crippen LogP contribution is 2.19. The van der Waals surface area contributed by atoms with Crippen molar-refractivity contribution in [2.45, 2.75) is 70.1 Å². The summed E-state index contributed by atoms with van der Waals surface area (Å²) >= 11 is 0. The topological polar surface area (TPSA) is 162 Å². The highest BCUT2D eigenvalue weighted by molar-refractivity contribution is 5.86. The molecule has 0 unspecified atom stereocenters. The zero-order valence-corrected chi connectivity index (χ0v) is 34.5. The molecule has 4 N–H and O–H groups in total. The maximum atomic E-state index is 13.9. The van der Waals surface area contributed by atoms with E-state index in [9.17, 15) is 24.3 Å². The van der Waals surface area contributed by atoms with Gasteiger partial charge in [0.2, 0.25) is 11.8 Å². The molecule has 0 fully saturated rings. The molecule has 1 aliphatic heterocycles. The van der Waals surface area contributed by atoms with Crippen LogP contribution in [0.25, 0.3) is 0 Å². The Labute approximate surface area is 362 Å². The number of cyclic esters (lactones) is 1. The van der Waals surface area contributed by atoms with Gasteiger partial charge in [-0.2, -0.15) is 0 Å². The van der Waals surface area contributed by atoms with Crippen LogP contribution in [0.1, 0.15) is 47.1 Å². The van der Waals surface area contributed by atoms with Crippen LogP contribution in [0.5, 0.6) is 11.5 Å². The number of esters is 1. The molecule has 3 amide bonds. The Morgan fingerprint density at radius 2 is 1.21 bits per heavy atom. The Morgan fingerprint density at radius 1 is 0.677 bits per heavy atom. The van der Waals surface area contributed by atoms with Gasteiger partial charge in [-0.1, -0.05) is 127 Å². The van der Waals surface area contributed by atoms with E-state index in [2.05, 4.69) is 16.0 Å². The monoisotopic (exact) mass is 839 g/mol. The lowest BCUT2D eigenvalue weighted by molar-refractivity contribution is -0.147. The largest absolute Gasteiger partial charge is 0.489 e. The zero-order chi connectivity index (χ0) is 43.4. The van der Waals surface area contributed by atoms with Crippen LogP contribution in [-0.2, 0) is 56.5 Å². The first-order valence-electron chi connectivity index (χ1n) is 20.8. The molecule has 0 aliphatic carbocycles. The van der Waals surface area contributed by atoms with Crippen molar-refractivity contribution in [2.75, 3.05) is 13.2 Å². The van der Waals surface area contributed by atoms with Crippen LogP contribution in [0.3, 0.4) is 0 Å². The molecular formula is C50H53N3O9. The van der Waals surface area contributed by atoms with Crippen molar-refractivity contribution < 1.29 is 43.2 Å². The van der Waals surface area contributed by atoms with Gasteiger partial charge in [0.15, 0.2) is 0 Å². The highest BCUT2D eigenvalue weighted by Gasteiger charge is 2.28. The number of ether oxygens (including phenoxy) is 4. The van der Waals surface area contributed by atoms with Crippen molar-refractivity contribution in [3.63, 3.8) is 0 Å². The van der Waals surface area contributed by atoms with Gasteiger partial charge in [-0.05, 0) is 77.8 Å². The summed E-state index contributed by atoms with van der Waals surface area (Å²) in [5.74, 6) is -0.894. The molecular weight excluding hydrogens is 787 g/mol. The lowest BCUT2D eigenvalue weighted by Crippen LogP contribution is -2.47. The minimum Gasteiger partial charge on any atom is -0.489 e. The van der Waals surface area contributed by atoms with Gasteiger partial charge in [-0.25, -0.2) is 9.59 Å². The summed E-state index contributed by atoms with van der Waals surface area (Å²) < 4.78 is 22.9. The molecule has 0 bridgehead atoms. The van der Waals surface area contributed by atoms with Gasteiger partial charge in [-0.3, -0.25) is 9.59 Å². The van der Waals surface area contributed by atoms with Crippen LogP contribution in [0.15, 0.2) is 152 Å². The maximum Gasteiger partial charge on any atom is 0.408 e. The second-order valence-corrected chi connectivity index (χ2v) is 15.1. The van der Waals surface area contributed by atoms with E-state index in [-0.39, 0.29) is 45.0 Å². The highest BCUT2D eigenvalue weighted by atomic mass is 16.6. The molecule has 5 aromatic rings. The van der Waals surface area contributed by atoms with Crippen LogP contribution < -0.4 is 25.4 Å². The van der Waals surface area contributed by atoms with Crippen LogP contribution >= 0.6 is 0 Å². The summed E-state index contributed by atoms with van der Waals surface area (Å²) in [4.78, 5) is 53.6. The lowest BCUT2D eigenvalue weighted by atomic mass is 9.97. The van der Waals surface area contributed by atoms with Crippen LogP contribution in [0.2, 0.25) is 0 Å². The standard InChI is InChI=1S/C50H53N3O9/c54-31-42(28-36-20-24-44(25-21-36)59-32-38-12-4-1-5-13-38)51-47(55)30-41-18-10-11-19-46(53-50(58)62-34-40-16-8-3-9-17-40)49(57)61-35-43(52-48(41)56)29-37-22-26-45(27-23-37)60-33-39-14-6-2-7-15-39/h1-17,20-27,41-43,46,54H,18-19,28-35H2,(H,51,55)(H,52,56)(H,53,58)/t41-,42+,43+,46-/m1/s1. The van der Waals surface area contributed by atoms with Gasteiger partial charge >= 0.3 is 12.1 Å². The first-order chi connectivity index (χ1) is 30.3. The summed E-state index contributed by atoms with van der Waals surface area (Å²) in [6.45, 7) is 0.362. The molecule has 62 heavy (non-hydrogen) atoms. The molecule has 0 saturated carbocycles. The van der Waals surface area contributed by atoms with Gasteiger partial charge in [0.1, 0.15) is 44.0 Å². The molecule has 5 aromatic carbocycles. The number of aliphatic hydroxyl groups excluding tert-OH is 1. The number of alkyl carbamates (subject to hydrolysis) is 1. The fraction of sp³-hybridized carbons (Fsp3) is 0.280. The zero-order valence-electron chi connectivity index (χ0n) is 34.5. The second kappa shape index (κ2) is 23.8. The Kier molecular flexibility index (Phi) is 17.1. The molecule has 0 aromatic heterocycles. The second-order valence-electron chi connectivity index (χ2n) is 15.1. The van der Waals surface area contributed by atoms with E-state index >= 15 is 0 Å². The van der Waals surface area contributed by atoms with Crippen LogP contribution in [0, 0.1) is 5.92 Å². The molecule has 1 aliphatic rings. The van der Waals surface area contributed by atoms with E-state index in [0.29, 0.717) is 37.6 Å². The minimum absolute atomic E-state index is 0.0196. The molecule has 4 atom stereocenters. The SMILES string of the molecule is O=C(C[C@H]1CC=CC[C@@H](NC(=O)OCc2ccccc2)C(=O)OC[C@H](Cc2ccc(OCc3ccccc3)cc2)NC1=O)N[C@H](CO)Cc1ccc(OCc2ccccc2)cc1. The molecule has 0 radical (unpaired) electrons. The maximum absolute atomic E-state index is 13.9. The van der Waals surface area contributed by atoms with Crippen molar-refractivity contribution in [1.29, 1.82) is 0 Å². The van der Waals surface area contributed by atoms with E-state index < -0.39 is 42.0 Å². The number of benzene rings is 5. The number of nitrogens with one attached hydrogen (secondary N) is 3.